The Balaban J connectivity index is 1.30. The van der Waals surface area contributed by atoms with Crippen molar-refractivity contribution in [1.82, 2.24) is 14.4 Å². The molecule has 25 heavy (non-hydrogen) atoms. The summed E-state index contributed by atoms with van der Waals surface area (Å²) >= 11 is 0. The van der Waals surface area contributed by atoms with Gasteiger partial charge < -0.3 is 9.47 Å². The molecule has 4 aliphatic rings. The Hall–Kier alpha value is -1.81. The number of aromatic nitrogens is 1. The van der Waals surface area contributed by atoms with Crippen LogP contribution in [0.4, 0.5) is 0 Å². The predicted molar refractivity (Wildman–Crippen MR) is 99.3 cm³/mol. The van der Waals surface area contributed by atoms with Gasteiger partial charge in [0.15, 0.2) is 0 Å². The van der Waals surface area contributed by atoms with Crippen LogP contribution in [0.15, 0.2) is 36.5 Å². The lowest BCUT2D eigenvalue weighted by molar-refractivity contribution is -0.132. The highest BCUT2D eigenvalue weighted by Crippen LogP contribution is 2.34. The molecule has 4 heteroatoms. The van der Waals surface area contributed by atoms with Crippen LogP contribution in [-0.4, -0.2) is 52.5 Å². The molecule has 0 radical (unpaired) electrons. The van der Waals surface area contributed by atoms with Crippen molar-refractivity contribution >= 4 is 16.8 Å². The van der Waals surface area contributed by atoms with Gasteiger partial charge in [-0.15, -0.1) is 0 Å². The van der Waals surface area contributed by atoms with Crippen molar-refractivity contribution < 1.29 is 4.79 Å². The van der Waals surface area contributed by atoms with Gasteiger partial charge in [0.25, 0.3) is 0 Å². The van der Waals surface area contributed by atoms with Gasteiger partial charge in [-0.05, 0) is 55.0 Å². The molecule has 3 aliphatic heterocycles. The third-order valence-electron chi connectivity index (χ3n) is 6.36. The minimum Gasteiger partial charge on any atom is -0.339 e. The van der Waals surface area contributed by atoms with E-state index in [9.17, 15) is 4.79 Å². The second kappa shape index (κ2) is 6.17. The lowest BCUT2D eigenvalue weighted by Gasteiger charge is -2.36. The van der Waals surface area contributed by atoms with E-state index in [-0.39, 0.29) is 5.91 Å². The van der Waals surface area contributed by atoms with E-state index >= 15 is 0 Å². The predicted octanol–water partition coefficient (Wildman–Crippen LogP) is 2.97. The van der Waals surface area contributed by atoms with Crippen LogP contribution in [-0.2, 0) is 11.3 Å². The van der Waals surface area contributed by atoms with Crippen molar-refractivity contribution in [3.05, 3.63) is 36.5 Å². The molecule has 4 fully saturated rings. The first-order valence-electron chi connectivity index (χ1n) is 9.82. The molecule has 4 heterocycles. The highest BCUT2D eigenvalue weighted by Gasteiger charge is 2.38. The number of rotatable bonds is 4. The molecule has 1 amide bonds. The van der Waals surface area contributed by atoms with Crippen LogP contribution in [0.3, 0.4) is 0 Å². The van der Waals surface area contributed by atoms with E-state index in [4.69, 9.17) is 0 Å². The molecule has 2 atom stereocenters. The molecule has 1 saturated carbocycles. The normalized spacial score (nSPS) is 27.0. The number of carbonyl (C=O) groups is 1. The summed E-state index contributed by atoms with van der Waals surface area (Å²) in [5, 5.41) is 1.21. The molecule has 1 aromatic heterocycles. The Kier molecular flexibility index (Phi) is 3.81. The van der Waals surface area contributed by atoms with E-state index < -0.39 is 0 Å². The monoisotopic (exact) mass is 337 g/mol. The SMILES string of the molecule is O=C(Cn1ccc2ccccc21)N1C[C@H]2CC[C@@H](C1)N(CC1CC1)C2. The van der Waals surface area contributed by atoms with Crippen molar-refractivity contribution in [3.8, 4) is 0 Å². The van der Waals surface area contributed by atoms with Crippen LogP contribution in [0, 0.1) is 11.8 Å². The highest BCUT2D eigenvalue weighted by atomic mass is 16.2. The summed E-state index contributed by atoms with van der Waals surface area (Å²) < 4.78 is 2.10. The third kappa shape index (κ3) is 3.08. The summed E-state index contributed by atoms with van der Waals surface area (Å²) in [7, 11) is 0. The molecule has 2 aromatic rings. The zero-order chi connectivity index (χ0) is 16.8. The van der Waals surface area contributed by atoms with Crippen molar-refractivity contribution in [2.45, 2.75) is 38.3 Å². The maximum absolute atomic E-state index is 13.0. The van der Waals surface area contributed by atoms with E-state index in [1.54, 1.807) is 0 Å². The van der Waals surface area contributed by atoms with Crippen LogP contribution < -0.4 is 0 Å². The zero-order valence-electron chi connectivity index (χ0n) is 14.8. The summed E-state index contributed by atoms with van der Waals surface area (Å²) in [6, 6.07) is 11.0. The average molecular weight is 337 g/mol. The zero-order valence-corrected chi connectivity index (χ0v) is 14.8. The van der Waals surface area contributed by atoms with E-state index in [1.165, 1.54) is 44.2 Å². The molecular weight excluding hydrogens is 310 g/mol. The maximum Gasteiger partial charge on any atom is 0.242 e. The van der Waals surface area contributed by atoms with Gasteiger partial charge >= 0.3 is 0 Å². The fourth-order valence-electron chi connectivity index (χ4n) is 4.76. The maximum atomic E-state index is 13.0. The van der Waals surface area contributed by atoms with Gasteiger partial charge in [0, 0.05) is 43.9 Å². The molecule has 0 N–H and O–H groups in total. The molecule has 1 aliphatic carbocycles. The van der Waals surface area contributed by atoms with Crippen molar-refractivity contribution in [2.24, 2.45) is 11.8 Å². The number of nitrogens with zero attached hydrogens (tertiary/aromatic N) is 3. The fourth-order valence-corrected chi connectivity index (χ4v) is 4.76. The van der Waals surface area contributed by atoms with E-state index in [1.807, 2.05) is 12.3 Å². The number of hydrogen-bond acceptors (Lipinski definition) is 2. The Morgan fingerprint density at radius 1 is 1.00 bits per heavy atom. The Morgan fingerprint density at radius 2 is 1.88 bits per heavy atom. The third-order valence-corrected chi connectivity index (χ3v) is 6.36. The molecule has 4 nitrogen and oxygen atoms in total. The summed E-state index contributed by atoms with van der Waals surface area (Å²) in [6.45, 7) is 4.83. The average Bonchev–Trinajstić information content (AvgIpc) is 3.41. The summed E-state index contributed by atoms with van der Waals surface area (Å²) in [5.41, 5.74) is 1.16. The summed E-state index contributed by atoms with van der Waals surface area (Å²) in [5.74, 6) is 1.89. The van der Waals surface area contributed by atoms with Crippen molar-refractivity contribution in [1.29, 1.82) is 0 Å². The summed E-state index contributed by atoms with van der Waals surface area (Å²) in [4.78, 5) is 17.9. The van der Waals surface area contributed by atoms with Gasteiger partial charge in [-0.3, -0.25) is 9.69 Å². The van der Waals surface area contributed by atoms with Gasteiger partial charge in [0.05, 0.1) is 0 Å². The quantitative estimate of drug-likeness (QED) is 0.858. The fraction of sp³-hybridized carbons (Fsp3) is 0.571. The number of carbonyl (C=O) groups excluding carboxylic acids is 1. The number of para-hydroxylation sites is 1. The number of fused-ring (bicyclic) bond motifs is 5. The van der Waals surface area contributed by atoms with Crippen LogP contribution in [0.25, 0.3) is 10.9 Å². The van der Waals surface area contributed by atoms with Gasteiger partial charge in [-0.2, -0.15) is 0 Å². The molecular formula is C21H27N3O. The number of amides is 1. The minimum atomic E-state index is 0.284. The number of piperidine rings is 1. The highest BCUT2D eigenvalue weighted by molar-refractivity contribution is 5.83. The van der Waals surface area contributed by atoms with Crippen molar-refractivity contribution in [3.63, 3.8) is 0 Å². The Bertz CT molecular complexity index is 778. The molecule has 132 valence electrons. The second-order valence-electron chi connectivity index (χ2n) is 8.30. The number of hydrogen-bond donors (Lipinski definition) is 0. The van der Waals surface area contributed by atoms with Crippen LogP contribution in [0.2, 0.25) is 0 Å². The van der Waals surface area contributed by atoms with Gasteiger partial charge in [0.2, 0.25) is 5.91 Å². The first kappa shape index (κ1) is 15.4. The largest absolute Gasteiger partial charge is 0.339 e. The lowest BCUT2D eigenvalue weighted by atomic mass is 9.95. The molecule has 1 aromatic carbocycles. The molecule has 2 bridgehead atoms. The van der Waals surface area contributed by atoms with Gasteiger partial charge in [-0.1, -0.05) is 18.2 Å². The molecule has 6 rings (SSSR count). The topological polar surface area (TPSA) is 28.5 Å². The van der Waals surface area contributed by atoms with E-state index in [0.717, 1.165) is 24.5 Å². The van der Waals surface area contributed by atoms with E-state index in [2.05, 4.69) is 38.6 Å². The lowest BCUT2D eigenvalue weighted by Crippen LogP contribution is -2.45. The second-order valence-corrected chi connectivity index (χ2v) is 8.30. The number of benzene rings is 1. The minimum absolute atomic E-state index is 0.284. The first-order valence-corrected chi connectivity index (χ1v) is 9.82. The van der Waals surface area contributed by atoms with Crippen molar-refractivity contribution in [2.75, 3.05) is 26.2 Å². The summed E-state index contributed by atoms with van der Waals surface area (Å²) in [6.07, 6.45) is 7.44. The van der Waals surface area contributed by atoms with Crippen LogP contribution in [0.5, 0.6) is 0 Å². The van der Waals surface area contributed by atoms with Crippen LogP contribution >= 0.6 is 0 Å². The first-order chi connectivity index (χ1) is 12.3. The Labute approximate surface area is 149 Å². The van der Waals surface area contributed by atoms with Gasteiger partial charge in [0.1, 0.15) is 6.54 Å². The molecule has 3 saturated heterocycles. The van der Waals surface area contributed by atoms with E-state index in [0.29, 0.717) is 18.5 Å². The van der Waals surface area contributed by atoms with Gasteiger partial charge in [-0.25, -0.2) is 0 Å². The Morgan fingerprint density at radius 3 is 2.76 bits per heavy atom. The molecule has 0 unspecified atom stereocenters. The standard InChI is InChI=1S/C21H27N3O/c25-21(15-22-10-9-18-3-1-2-4-20(18)22)24-13-17-7-8-19(14-24)23(12-17)11-16-5-6-16/h1-4,9-10,16-17,19H,5-8,11-15H2/t17-,19-/m0/s1. The molecule has 0 spiro atoms. The van der Waals surface area contributed by atoms with Crippen LogP contribution in [0.1, 0.15) is 25.7 Å². The smallest absolute Gasteiger partial charge is 0.242 e.